The minimum Gasteiger partial charge on any atom is -0.493 e. The van der Waals surface area contributed by atoms with Crippen LogP contribution in [-0.2, 0) is 11.2 Å². The second-order valence-corrected chi connectivity index (χ2v) is 5.21. The molecule has 0 saturated carbocycles. The molecule has 0 N–H and O–H groups in total. The molecular formula is C16H14Cl2O2. The second kappa shape index (κ2) is 7.32. The monoisotopic (exact) mass is 308 g/mol. The molecule has 0 aromatic heterocycles. The summed E-state index contributed by atoms with van der Waals surface area (Å²) in [6, 6.07) is 14.5. The maximum atomic E-state index is 11.9. The van der Waals surface area contributed by atoms with E-state index in [4.69, 9.17) is 27.9 Å². The molecule has 2 aromatic rings. The van der Waals surface area contributed by atoms with E-state index in [1.165, 1.54) is 0 Å². The number of hydrogen-bond donors (Lipinski definition) is 0. The lowest BCUT2D eigenvalue weighted by Crippen LogP contribution is -2.09. The number of benzene rings is 2. The molecule has 0 radical (unpaired) electrons. The minimum atomic E-state index is 0.0742. The maximum Gasteiger partial charge on any atom is 0.140 e. The molecule has 0 bridgehead atoms. The highest BCUT2D eigenvalue weighted by Crippen LogP contribution is 2.21. The van der Waals surface area contributed by atoms with Crippen molar-refractivity contribution in [3.05, 3.63) is 64.1 Å². The second-order valence-electron chi connectivity index (χ2n) is 4.36. The lowest BCUT2D eigenvalue weighted by atomic mass is 10.1. The van der Waals surface area contributed by atoms with Gasteiger partial charge in [-0.1, -0.05) is 41.4 Å². The number of Topliss-reactive ketones (excluding diaryl/α,β-unsaturated/α-hetero) is 1. The van der Waals surface area contributed by atoms with Crippen LogP contribution < -0.4 is 4.74 Å². The molecule has 0 atom stereocenters. The van der Waals surface area contributed by atoms with Gasteiger partial charge in [0.25, 0.3) is 0 Å². The first kappa shape index (κ1) is 14.9. The van der Waals surface area contributed by atoms with E-state index < -0.39 is 0 Å². The molecular weight excluding hydrogens is 295 g/mol. The van der Waals surface area contributed by atoms with Crippen LogP contribution in [0.5, 0.6) is 5.75 Å². The Morgan fingerprint density at radius 1 is 1.05 bits per heavy atom. The van der Waals surface area contributed by atoms with Gasteiger partial charge >= 0.3 is 0 Å². The van der Waals surface area contributed by atoms with E-state index >= 15 is 0 Å². The molecule has 2 aromatic carbocycles. The lowest BCUT2D eigenvalue weighted by molar-refractivity contribution is -0.118. The standard InChI is InChI=1S/C16H14Cl2O2/c17-13-6-7-16(18)12(10-13)11-14(19)8-9-20-15-4-2-1-3-5-15/h1-7,10H,8-9,11H2. The molecule has 0 aliphatic rings. The fourth-order valence-corrected chi connectivity index (χ4v) is 2.16. The number of hydrogen-bond acceptors (Lipinski definition) is 2. The number of ether oxygens (including phenoxy) is 1. The van der Waals surface area contributed by atoms with E-state index in [9.17, 15) is 4.79 Å². The zero-order chi connectivity index (χ0) is 14.4. The summed E-state index contributed by atoms with van der Waals surface area (Å²) in [6.45, 7) is 0.362. The van der Waals surface area contributed by atoms with Gasteiger partial charge in [-0.2, -0.15) is 0 Å². The van der Waals surface area contributed by atoms with E-state index in [-0.39, 0.29) is 12.2 Å². The Labute approximate surface area is 128 Å². The number of carbonyl (C=O) groups is 1. The van der Waals surface area contributed by atoms with Crippen LogP contribution in [0.3, 0.4) is 0 Å². The smallest absolute Gasteiger partial charge is 0.140 e. The number of ketones is 1. The van der Waals surface area contributed by atoms with Crippen molar-refractivity contribution in [2.75, 3.05) is 6.61 Å². The molecule has 20 heavy (non-hydrogen) atoms. The van der Waals surface area contributed by atoms with Gasteiger partial charge in [-0.3, -0.25) is 4.79 Å². The van der Waals surface area contributed by atoms with Gasteiger partial charge in [0.2, 0.25) is 0 Å². The van der Waals surface area contributed by atoms with Gasteiger partial charge in [0, 0.05) is 22.9 Å². The van der Waals surface area contributed by atoms with E-state index in [1.807, 2.05) is 30.3 Å². The number of rotatable bonds is 6. The zero-order valence-corrected chi connectivity index (χ0v) is 12.3. The summed E-state index contributed by atoms with van der Waals surface area (Å²) in [5, 5.41) is 1.14. The third kappa shape index (κ3) is 4.55. The van der Waals surface area contributed by atoms with Crippen LogP contribution in [0, 0.1) is 0 Å². The molecule has 0 spiro atoms. The van der Waals surface area contributed by atoms with Crippen LogP contribution >= 0.6 is 23.2 Å². The van der Waals surface area contributed by atoms with Crippen molar-refractivity contribution in [1.29, 1.82) is 0 Å². The van der Waals surface area contributed by atoms with Crippen molar-refractivity contribution in [1.82, 2.24) is 0 Å². The molecule has 0 heterocycles. The molecule has 2 rings (SSSR count). The first-order chi connectivity index (χ1) is 9.65. The molecule has 0 unspecified atom stereocenters. The quantitative estimate of drug-likeness (QED) is 0.781. The van der Waals surface area contributed by atoms with Crippen LogP contribution in [0.25, 0.3) is 0 Å². The summed E-state index contributed by atoms with van der Waals surface area (Å²) < 4.78 is 5.49. The van der Waals surface area contributed by atoms with Gasteiger partial charge in [-0.15, -0.1) is 0 Å². The third-order valence-corrected chi connectivity index (χ3v) is 3.39. The summed E-state index contributed by atoms with van der Waals surface area (Å²) in [5.41, 5.74) is 0.754. The van der Waals surface area contributed by atoms with Crippen LogP contribution in [0.2, 0.25) is 10.0 Å². The van der Waals surface area contributed by atoms with Gasteiger partial charge in [0.15, 0.2) is 0 Å². The number of carbonyl (C=O) groups excluding carboxylic acids is 1. The van der Waals surface area contributed by atoms with Gasteiger partial charge in [0.1, 0.15) is 11.5 Å². The van der Waals surface area contributed by atoms with Crippen molar-refractivity contribution in [3.63, 3.8) is 0 Å². The van der Waals surface area contributed by atoms with Crippen molar-refractivity contribution >= 4 is 29.0 Å². The average Bonchev–Trinajstić information content (AvgIpc) is 2.44. The molecule has 104 valence electrons. The Bertz CT molecular complexity index is 582. The maximum absolute atomic E-state index is 11.9. The van der Waals surface area contributed by atoms with Crippen LogP contribution in [0.4, 0.5) is 0 Å². The Kier molecular flexibility index (Phi) is 5.45. The third-order valence-electron chi connectivity index (χ3n) is 2.79. The first-order valence-corrected chi connectivity index (χ1v) is 7.04. The van der Waals surface area contributed by atoms with E-state index in [2.05, 4.69) is 0 Å². The predicted molar refractivity (Wildman–Crippen MR) is 81.7 cm³/mol. The summed E-state index contributed by atoms with van der Waals surface area (Å²) in [5.74, 6) is 0.839. The fraction of sp³-hybridized carbons (Fsp3) is 0.188. The largest absolute Gasteiger partial charge is 0.493 e. The Morgan fingerprint density at radius 3 is 2.55 bits per heavy atom. The topological polar surface area (TPSA) is 26.3 Å². The Morgan fingerprint density at radius 2 is 1.80 bits per heavy atom. The summed E-state index contributed by atoms with van der Waals surface area (Å²) in [7, 11) is 0. The summed E-state index contributed by atoms with van der Waals surface area (Å²) in [4.78, 5) is 11.9. The molecule has 2 nitrogen and oxygen atoms in total. The van der Waals surface area contributed by atoms with Gasteiger partial charge in [-0.05, 0) is 35.9 Å². The molecule has 0 fully saturated rings. The molecule has 0 aliphatic carbocycles. The minimum absolute atomic E-state index is 0.0742. The van der Waals surface area contributed by atoms with Crippen molar-refractivity contribution < 1.29 is 9.53 Å². The molecule has 0 saturated heterocycles. The normalized spacial score (nSPS) is 10.3. The molecule has 0 amide bonds. The highest BCUT2D eigenvalue weighted by molar-refractivity contribution is 6.33. The highest BCUT2D eigenvalue weighted by Gasteiger charge is 2.08. The van der Waals surface area contributed by atoms with Crippen molar-refractivity contribution in [3.8, 4) is 5.75 Å². The first-order valence-electron chi connectivity index (χ1n) is 6.28. The van der Waals surface area contributed by atoms with Crippen molar-refractivity contribution in [2.24, 2.45) is 0 Å². The van der Waals surface area contributed by atoms with Gasteiger partial charge < -0.3 is 4.74 Å². The van der Waals surface area contributed by atoms with Crippen LogP contribution in [-0.4, -0.2) is 12.4 Å². The lowest BCUT2D eigenvalue weighted by Gasteiger charge is -2.06. The summed E-state index contributed by atoms with van der Waals surface area (Å²) in [6.07, 6.45) is 0.620. The van der Waals surface area contributed by atoms with E-state index in [1.54, 1.807) is 18.2 Å². The Balaban J connectivity index is 1.82. The molecule has 4 heteroatoms. The number of para-hydroxylation sites is 1. The Hall–Kier alpha value is -1.51. The molecule has 0 aliphatic heterocycles. The van der Waals surface area contributed by atoms with Gasteiger partial charge in [-0.25, -0.2) is 0 Å². The average molecular weight is 309 g/mol. The predicted octanol–water partition coefficient (Wildman–Crippen LogP) is 4.57. The SMILES string of the molecule is O=C(CCOc1ccccc1)Cc1cc(Cl)ccc1Cl. The van der Waals surface area contributed by atoms with Crippen LogP contribution in [0.1, 0.15) is 12.0 Å². The van der Waals surface area contributed by atoms with Crippen molar-refractivity contribution in [2.45, 2.75) is 12.8 Å². The van der Waals surface area contributed by atoms with Gasteiger partial charge in [0.05, 0.1) is 6.61 Å². The van der Waals surface area contributed by atoms with Crippen LogP contribution in [0.15, 0.2) is 48.5 Å². The number of halogens is 2. The summed E-state index contributed by atoms with van der Waals surface area (Å²) >= 11 is 11.9. The van der Waals surface area contributed by atoms with E-state index in [0.29, 0.717) is 23.1 Å². The fourth-order valence-electron chi connectivity index (χ4n) is 1.78. The highest BCUT2D eigenvalue weighted by atomic mass is 35.5. The zero-order valence-electron chi connectivity index (χ0n) is 10.8. The van der Waals surface area contributed by atoms with E-state index in [0.717, 1.165) is 11.3 Å².